The van der Waals surface area contributed by atoms with E-state index in [2.05, 4.69) is 54.2 Å². The molecule has 2 aromatic carbocycles. The molecule has 1 N–H and O–H groups in total. The van der Waals surface area contributed by atoms with Gasteiger partial charge in [0.1, 0.15) is 5.75 Å². The summed E-state index contributed by atoms with van der Waals surface area (Å²) in [6.07, 6.45) is 8.67. The van der Waals surface area contributed by atoms with E-state index in [1.54, 1.807) is 7.11 Å². The van der Waals surface area contributed by atoms with Gasteiger partial charge in [0.05, 0.1) is 24.8 Å². The van der Waals surface area contributed by atoms with Gasteiger partial charge < -0.3 is 19.6 Å². The largest absolute Gasteiger partial charge is 0.497 e. The van der Waals surface area contributed by atoms with Crippen LogP contribution < -0.4 is 4.74 Å². The second-order valence-electron chi connectivity index (χ2n) is 11.9. The highest BCUT2D eigenvalue weighted by molar-refractivity contribution is 5.78. The molecule has 0 radical (unpaired) electrons. The van der Waals surface area contributed by atoms with E-state index in [0.717, 1.165) is 62.7 Å². The molecule has 3 fully saturated rings. The number of benzene rings is 2. The quantitative estimate of drug-likeness (QED) is 0.548. The van der Waals surface area contributed by atoms with E-state index in [1.807, 2.05) is 29.2 Å². The predicted molar refractivity (Wildman–Crippen MR) is 147 cm³/mol. The van der Waals surface area contributed by atoms with Crippen molar-refractivity contribution in [1.82, 2.24) is 14.7 Å². The molecule has 2 amide bonds. The fourth-order valence-electron chi connectivity index (χ4n) is 7.15. The Balaban J connectivity index is 1.42. The highest BCUT2D eigenvalue weighted by Crippen LogP contribution is 2.50. The summed E-state index contributed by atoms with van der Waals surface area (Å²) < 4.78 is 5.32. The maximum Gasteiger partial charge on any atom is 0.321 e. The molecule has 2 aromatic rings. The topological polar surface area (TPSA) is 56.3 Å². The van der Waals surface area contributed by atoms with Gasteiger partial charge in [-0.3, -0.25) is 4.90 Å². The van der Waals surface area contributed by atoms with Crippen LogP contribution in [0.1, 0.15) is 68.9 Å². The Bertz CT molecular complexity index is 1050. The number of methoxy groups -OCH3 is 1. The summed E-state index contributed by atoms with van der Waals surface area (Å²) in [6.45, 7) is 1.74. The van der Waals surface area contributed by atoms with Crippen molar-refractivity contribution in [3.05, 3.63) is 65.7 Å². The van der Waals surface area contributed by atoms with Crippen LogP contribution in [0.25, 0.3) is 0 Å². The second-order valence-corrected chi connectivity index (χ2v) is 11.9. The third-order valence-electron chi connectivity index (χ3n) is 9.50. The van der Waals surface area contributed by atoms with Crippen molar-refractivity contribution in [3.8, 4) is 5.75 Å². The Kier molecular flexibility index (Phi) is 7.25. The number of hydrogen-bond donors (Lipinski definition) is 1. The summed E-state index contributed by atoms with van der Waals surface area (Å²) in [5, 5.41) is 11.5. The van der Waals surface area contributed by atoms with Gasteiger partial charge in [-0.05, 0) is 75.9 Å². The summed E-state index contributed by atoms with van der Waals surface area (Å²) in [5.41, 5.74) is 1.40. The molecule has 6 heteroatoms. The van der Waals surface area contributed by atoms with Crippen LogP contribution in [-0.4, -0.2) is 71.3 Å². The molecule has 0 bridgehead atoms. The molecule has 1 spiro atoms. The lowest BCUT2D eigenvalue weighted by Gasteiger charge is -2.52. The molecule has 1 saturated heterocycles. The van der Waals surface area contributed by atoms with Gasteiger partial charge in [0, 0.05) is 18.6 Å². The molecular formula is C31H43N3O3. The first-order chi connectivity index (χ1) is 17.8. The average Bonchev–Trinajstić information content (AvgIpc) is 3.15. The van der Waals surface area contributed by atoms with Gasteiger partial charge in [0.2, 0.25) is 0 Å². The van der Waals surface area contributed by atoms with Gasteiger partial charge in [0.15, 0.2) is 0 Å². The Morgan fingerprint density at radius 1 is 0.892 bits per heavy atom. The summed E-state index contributed by atoms with van der Waals surface area (Å²) in [7, 11) is 6.04. The summed E-state index contributed by atoms with van der Waals surface area (Å²) in [4.78, 5) is 20.5. The molecule has 1 heterocycles. The van der Waals surface area contributed by atoms with Crippen molar-refractivity contribution < 1.29 is 14.6 Å². The van der Waals surface area contributed by atoms with Crippen molar-refractivity contribution in [1.29, 1.82) is 0 Å². The lowest BCUT2D eigenvalue weighted by molar-refractivity contribution is -0.0475. The van der Waals surface area contributed by atoms with Gasteiger partial charge in [-0.1, -0.05) is 61.7 Å². The molecule has 2 saturated carbocycles. The van der Waals surface area contributed by atoms with Crippen molar-refractivity contribution in [2.24, 2.45) is 0 Å². The lowest BCUT2D eigenvalue weighted by atomic mass is 9.68. The number of nitrogens with zero attached hydrogens (tertiary/aromatic N) is 3. The van der Waals surface area contributed by atoms with Crippen molar-refractivity contribution in [2.45, 2.75) is 81.0 Å². The minimum atomic E-state index is -0.771. The van der Waals surface area contributed by atoms with Crippen LogP contribution in [0.3, 0.4) is 0 Å². The van der Waals surface area contributed by atoms with E-state index in [9.17, 15) is 9.90 Å². The third-order valence-corrected chi connectivity index (χ3v) is 9.50. The molecule has 1 aliphatic heterocycles. The summed E-state index contributed by atoms with van der Waals surface area (Å²) in [6, 6.07) is 18.9. The average molecular weight is 506 g/mol. The molecule has 0 aromatic heterocycles. The summed E-state index contributed by atoms with van der Waals surface area (Å²) in [5.74, 6) is 0.822. The van der Waals surface area contributed by atoms with Crippen molar-refractivity contribution >= 4 is 6.03 Å². The van der Waals surface area contributed by atoms with E-state index in [4.69, 9.17) is 4.74 Å². The first-order valence-corrected chi connectivity index (χ1v) is 13.9. The zero-order chi connectivity index (χ0) is 26.1. The first kappa shape index (κ1) is 26.1. The van der Waals surface area contributed by atoms with E-state index in [1.165, 1.54) is 12.0 Å². The molecule has 5 rings (SSSR count). The number of rotatable bonds is 7. The Labute approximate surface area is 222 Å². The van der Waals surface area contributed by atoms with E-state index in [-0.39, 0.29) is 17.1 Å². The molecule has 0 atom stereocenters. The number of aliphatic hydroxyl groups is 1. The molecular weight excluding hydrogens is 462 g/mol. The van der Waals surface area contributed by atoms with Crippen molar-refractivity contribution in [2.75, 3.05) is 34.3 Å². The van der Waals surface area contributed by atoms with Crippen LogP contribution in [-0.2, 0) is 12.1 Å². The number of hydrogen-bond acceptors (Lipinski definition) is 4. The molecule has 6 nitrogen and oxygen atoms in total. The van der Waals surface area contributed by atoms with E-state index >= 15 is 0 Å². The zero-order valence-electron chi connectivity index (χ0n) is 22.8. The predicted octanol–water partition coefficient (Wildman–Crippen LogP) is 5.40. The number of carbonyl (C=O) groups excluding carboxylic acids is 1. The summed E-state index contributed by atoms with van der Waals surface area (Å²) >= 11 is 0. The highest BCUT2D eigenvalue weighted by Gasteiger charge is 2.55. The molecule has 3 aliphatic rings. The minimum Gasteiger partial charge on any atom is -0.497 e. The van der Waals surface area contributed by atoms with Crippen LogP contribution in [0, 0.1) is 0 Å². The van der Waals surface area contributed by atoms with E-state index in [0.29, 0.717) is 19.6 Å². The number of urea groups is 1. The lowest BCUT2D eigenvalue weighted by Crippen LogP contribution is -2.58. The smallest absolute Gasteiger partial charge is 0.321 e. The normalized spacial score (nSPS) is 27.8. The fraction of sp³-hybridized carbons (Fsp3) is 0.581. The maximum absolute atomic E-state index is 14.0. The van der Waals surface area contributed by atoms with Crippen LogP contribution in [0.4, 0.5) is 4.79 Å². The van der Waals surface area contributed by atoms with Gasteiger partial charge in [-0.15, -0.1) is 0 Å². The van der Waals surface area contributed by atoms with Gasteiger partial charge in [-0.2, -0.15) is 0 Å². The van der Waals surface area contributed by atoms with Gasteiger partial charge in [-0.25, -0.2) is 4.79 Å². The molecule has 37 heavy (non-hydrogen) atoms. The van der Waals surface area contributed by atoms with Gasteiger partial charge >= 0.3 is 6.03 Å². The van der Waals surface area contributed by atoms with E-state index < -0.39 is 5.60 Å². The maximum atomic E-state index is 14.0. The van der Waals surface area contributed by atoms with Crippen molar-refractivity contribution in [3.63, 3.8) is 0 Å². The molecule has 2 aliphatic carbocycles. The number of ether oxygens (including phenoxy) is 1. The minimum absolute atomic E-state index is 0.0353. The Morgan fingerprint density at radius 3 is 2.14 bits per heavy atom. The number of amides is 2. The van der Waals surface area contributed by atoms with Crippen LogP contribution in [0.15, 0.2) is 54.6 Å². The molecule has 0 unspecified atom stereocenters. The van der Waals surface area contributed by atoms with Crippen LogP contribution in [0.5, 0.6) is 5.75 Å². The Hall–Kier alpha value is -2.57. The SMILES string of the molecule is COc1ccc(CN2C[C@]3(CC[C@](c4ccccc4)(N(C)C)CC3)N(CC3(O)CCCCC3)C2=O)cc1. The Morgan fingerprint density at radius 2 is 1.54 bits per heavy atom. The van der Waals surface area contributed by atoms with Crippen LogP contribution in [0.2, 0.25) is 0 Å². The first-order valence-electron chi connectivity index (χ1n) is 13.9. The molecule has 200 valence electrons. The number of β-amino-alcohol motifs (C(OH)–C–C–N with tert-alkyl or cyclic N) is 1. The third kappa shape index (κ3) is 4.98. The van der Waals surface area contributed by atoms with Crippen LogP contribution >= 0.6 is 0 Å². The second kappa shape index (κ2) is 10.3. The highest BCUT2D eigenvalue weighted by atomic mass is 16.5. The monoisotopic (exact) mass is 505 g/mol. The fourth-order valence-corrected chi connectivity index (χ4v) is 7.15. The standard InChI is InChI=1S/C31H43N3O3/c1-32(2)31(26-10-6-4-7-11-26)20-18-29(19-21-31)23-33(22-25-12-14-27(37-3)15-13-25)28(35)34(29)24-30(36)16-8-5-9-17-30/h4,6-7,10-15,36H,5,8-9,16-24H2,1-3H3/t29-,31+. The number of carbonyl (C=O) groups is 1. The van der Waals surface area contributed by atoms with Gasteiger partial charge in [0.25, 0.3) is 0 Å². The zero-order valence-corrected chi connectivity index (χ0v) is 22.8.